The maximum absolute atomic E-state index is 4.29. The van der Waals surface area contributed by atoms with E-state index in [1.807, 2.05) is 7.05 Å². The zero-order valence-electron chi connectivity index (χ0n) is 15.7. The zero-order valence-corrected chi connectivity index (χ0v) is 18.0. The SMILES string of the molecule is CN=C(NCCc1cc(C)cc(C)c1)NCC(C)(C)N(C)C.I. The number of aliphatic imine (C=N–C) groups is 1. The fraction of sp³-hybridized carbons (Fsp3) is 0.611. The monoisotopic (exact) mass is 432 g/mol. The Kier molecular flexibility index (Phi) is 9.77. The number of nitrogens with zero attached hydrogens (tertiary/aromatic N) is 2. The molecule has 1 aromatic carbocycles. The first-order valence-corrected chi connectivity index (χ1v) is 7.94. The number of hydrogen-bond donors (Lipinski definition) is 2. The highest BCUT2D eigenvalue weighted by Crippen LogP contribution is 2.09. The molecule has 0 aliphatic carbocycles. The van der Waals surface area contributed by atoms with E-state index in [0.29, 0.717) is 0 Å². The molecule has 0 amide bonds. The number of guanidine groups is 1. The van der Waals surface area contributed by atoms with E-state index in [1.54, 1.807) is 0 Å². The van der Waals surface area contributed by atoms with Crippen molar-refractivity contribution >= 4 is 29.9 Å². The Hall–Kier alpha value is -0.820. The van der Waals surface area contributed by atoms with Gasteiger partial charge in [-0.3, -0.25) is 4.99 Å². The van der Waals surface area contributed by atoms with Crippen molar-refractivity contribution in [1.29, 1.82) is 0 Å². The topological polar surface area (TPSA) is 39.7 Å². The van der Waals surface area contributed by atoms with Crippen molar-refractivity contribution < 1.29 is 0 Å². The molecular weight excluding hydrogens is 399 g/mol. The Morgan fingerprint density at radius 1 is 1.09 bits per heavy atom. The predicted molar refractivity (Wildman–Crippen MR) is 112 cm³/mol. The lowest BCUT2D eigenvalue weighted by Gasteiger charge is -2.33. The van der Waals surface area contributed by atoms with Crippen LogP contribution < -0.4 is 10.6 Å². The average Bonchev–Trinajstić information content (AvgIpc) is 2.41. The molecule has 0 aliphatic heterocycles. The van der Waals surface area contributed by atoms with Crippen LogP contribution in [0, 0.1) is 13.8 Å². The van der Waals surface area contributed by atoms with E-state index in [-0.39, 0.29) is 29.5 Å². The fourth-order valence-corrected chi connectivity index (χ4v) is 2.22. The van der Waals surface area contributed by atoms with E-state index in [9.17, 15) is 0 Å². The zero-order chi connectivity index (χ0) is 16.8. The third-order valence-electron chi connectivity index (χ3n) is 4.11. The van der Waals surface area contributed by atoms with Crippen LogP contribution in [0.25, 0.3) is 0 Å². The molecule has 0 atom stereocenters. The van der Waals surface area contributed by atoms with Crippen LogP contribution in [0.1, 0.15) is 30.5 Å². The van der Waals surface area contributed by atoms with Crippen molar-refractivity contribution in [3.05, 3.63) is 34.9 Å². The molecule has 0 heterocycles. The van der Waals surface area contributed by atoms with Crippen molar-refractivity contribution in [1.82, 2.24) is 15.5 Å². The molecular formula is C18H33IN4. The second kappa shape index (κ2) is 10.1. The van der Waals surface area contributed by atoms with E-state index in [2.05, 4.69) is 80.5 Å². The summed E-state index contributed by atoms with van der Waals surface area (Å²) in [6, 6.07) is 6.71. The van der Waals surface area contributed by atoms with Gasteiger partial charge in [0.1, 0.15) is 0 Å². The number of nitrogens with one attached hydrogen (secondary N) is 2. The van der Waals surface area contributed by atoms with Crippen LogP contribution in [0.15, 0.2) is 23.2 Å². The van der Waals surface area contributed by atoms with Crippen molar-refractivity contribution in [3.63, 3.8) is 0 Å². The molecule has 0 aliphatic rings. The van der Waals surface area contributed by atoms with Gasteiger partial charge in [0.25, 0.3) is 0 Å². The normalized spacial score (nSPS) is 12.1. The number of hydrogen-bond acceptors (Lipinski definition) is 2. The molecule has 0 unspecified atom stereocenters. The van der Waals surface area contributed by atoms with E-state index in [0.717, 1.165) is 25.5 Å². The molecule has 0 radical (unpaired) electrons. The summed E-state index contributed by atoms with van der Waals surface area (Å²) in [5.41, 5.74) is 4.11. The first-order chi connectivity index (χ1) is 10.2. The number of likely N-dealkylation sites (N-methyl/N-ethyl adjacent to an activating group) is 1. The summed E-state index contributed by atoms with van der Waals surface area (Å²) in [7, 11) is 6.00. The largest absolute Gasteiger partial charge is 0.356 e. The lowest BCUT2D eigenvalue weighted by atomic mass is 10.0. The molecule has 132 valence electrons. The van der Waals surface area contributed by atoms with Crippen LogP contribution >= 0.6 is 24.0 Å². The van der Waals surface area contributed by atoms with Crippen LogP contribution in [0.3, 0.4) is 0 Å². The quantitative estimate of drug-likeness (QED) is 0.413. The molecule has 1 aromatic rings. The Labute approximate surface area is 159 Å². The minimum absolute atomic E-state index is 0. The van der Waals surface area contributed by atoms with Crippen molar-refractivity contribution in [3.8, 4) is 0 Å². The van der Waals surface area contributed by atoms with Gasteiger partial charge in [-0.05, 0) is 53.8 Å². The molecule has 0 fully saturated rings. The van der Waals surface area contributed by atoms with Crippen molar-refractivity contribution in [2.24, 2.45) is 4.99 Å². The van der Waals surface area contributed by atoms with Gasteiger partial charge in [0.15, 0.2) is 5.96 Å². The summed E-state index contributed by atoms with van der Waals surface area (Å²) in [5.74, 6) is 0.860. The Balaban J connectivity index is 0.00000484. The molecule has 0 bridgehead atoms. The number of rotatable bonds is 6. The summed E-state index contributed by atoms with van der Waals surface area (Å²) in [6.07, 6.45) is 1.00. The first kappa shape index (κ1) is 22.2. The van der Waals surface area contributed by atoms with E-state index in [4.69, 9.17) is 0 Å². The van der Waals surface area contributed by atoms with Gasteiger partial charge in [0.2, 0.25) is 0 Å². The minimum atomic E-state index is 0. The second-order valence-electron chi connectivity index (χ2n) is 6.81. The molecule has 1 rings (SSSR count). The van der Waals surface area contributed by atoms with Gasteiger partial charge in [-0.1, -0.05) is 29.3 Å². The highest BCUT2D eigenvalue weighted by atomic mass is 127. The standard InChI is InChI=1S/C18H32N4.HI/c1-14-10-15(2)12-16(11-14)8-9-20-17(19-5)21-13-18(3,4)22(6)7;/h10-12H,8-9,13H2,1-7H3,(H2,19,20,21);1H. The van der Waals surface area contributed by atoms with Gasteiger partial charge in [0, 0.05) is 25.7 Å². The summed E-state index contributed by atoms with van der Waals surface area (Å²) in [4.78, 5) is 6.50. The van der Waals surface area contributed by atoms with E-state index < -0.39 is 0 Å². The fourth-order valence-electron chi connectivity index (χ4n) is 2.22. The summed E-state index contributed by atoms with van der Waals surface area (Å²) >= 11 is 0. The van der Waals surface area contributed by atoms with Crippen LogP contribution in [-0.4, -0.2) is 50.6 Å². The lowest BCUT2D eigenvalue weighted by Crippen LogP contribution is -2.51. The Bertz CT molecular complexity index is 489. The first-order valence-electron chi connectivity index (χ1n) is 7.94. The number of halogens is 1. The highest BCUT2D eigenvalue weighted by Gasteiger charge is 2.20. The second-order valence-corrected chi connectivity index (χ2v) is 6.81. The lowest BCUT2D eigenvalue weighted by molar-refractivity contribution is 0.197. The van der Waals surface area contributed by atoms with Crippen molar-refractivity contribution in [2.45, 2.75) is 39.7 Å². The van der Waals surface area contributed by atoms with Gasteiger partial charge in [0.05, 0.1) is 0 Å². The molecule has 0 spiro atoms. The van der Waals surface area contributed by atoms with Gasteiger partial charge < -0.3 is 15.5 Å². The van der Waals surface area contributed by atoms with E-state index in [1.165, 1.54) is 16.7 Å². The summed E-state index contributed by atoms with van der Waals surface area (Å²) in [5, 5.41) is 6.79. The molecule has 4 nitrogen and oxygen atoms in total. The van der Waals surface area contributed by atoms with Crippen LogP contribution in [0.4, 0.5) is 0 Å². The Morgan fingerprint density at radius 2 is 1.65 bits per heavy atom. The maximum atomic E-state index is 4.29. The van der Waals surface area contributed by atoms with Gasteiger partial charge in [-0.25, -0.2) is 0 Å². The van der Waals surface area contributed by atoms with Gasteiger partial charge in [-0.15, -0.1) is 24.0 Å². The Morgan fingerprint density at radius 3 is 2.13 bits per heavy atom. The third-order valence-corrected chi connectivity index (χ3v) is 4.11. The molecule has 5 heteroatoms. The van der Waals surface area contributed by atoms with Gasteiger partial charge in [-0.2, -0.15) is 0 Å². The van der Waals surface area contributed by atoms with Crippen LogP contribution in [-0.2, 0) is 6.42 Å². The van der Waals surface area contributed by atoms with Crippen LogP contribution in [0.5, 0.6) is 0 Å². The molecule has 0 saturated heterocycles. The molecule has 0 saturated carbocycles. The number of benzene rings is 1. The molecule has 2 N–H and O–H groups in total. The highest BCUT2D eigenvalue weighted by molar-refractivity contribution is 14.0. The minimum Gasteiger partial charge on any atom is -0.356 e. The summed E-state index contributed by atoms with van der Waals surface area (Å²) < 4.78 is 0. The molecule has 23 heavy (non-hydrogen) atoms. The van der Waals surface area contributed by atoms with E-state index >= 15 is 0 Å². The molecule has 0 aromatic heterocycles. The van der Waals surface area contributed by atoms with Gasteiger partial charge >= 0.3 is 0 Å². The number of aryl methyl sites for hydroxylation is 2. The summed E-state index contributed by atoms with van der Waals surface area (Å²) in [6.45, 7) is 10.4. The third kappa shape index (κ3) is 8.01. The predicted octanol–water partition coefficient (Wildman–Crippen LogP) is 2.97. The maximum Gasteiger partial charge on any atom is 0.191 e. The smallest absolute Gasteiger partial charge is 0.191 e. The average molecular weight is 432 g/mol. The van der Waals surface area contributed by atoms with Crippen LogP contribution in [0.2, 0.25) is 0 Å². The van der Waals surface area contributed by atoms with Crippen molar-refractivity contribution in [2.75, 3.05) is 34.2 Å².